The van der Waals surface area contributed by atoms with Crippen molar-refractivity contribution >= 4 is 22.8 Å². The molecule has 5 aromatic rings. The first-order chi connectivity index (χ1) is 18.1. The van der Waals surface area contributed by atoms with Crippen LogP contribution in [0.1, 0.15) is 16.7 Å². The summed E-state index contributed by atoms with van der Waals surface area (Å²) in [5.74, 6) is 1.04. The van der Waals surface area contributed by atoms with Crippen LogP contribution in [0, 0.1) is 6.92 Å². The number of nitrogens with one attached hydrogen (secondary N) is 1. The van der Waals surface area contributed by atoms with Gasteiger partial charge in [-0.25, -0.2) is 9.67 Å². The molecular formula is C30H30N6O. The third-order valence-corrected chi connectivity index (χ3v) is 7.07. The van der Waals surface area contributed by atoms with Gasteiger partial charge < -0.3 is 14.8 Å². The summed E-state index contributed by atoms with van der Waals surface area (Å²) in [6.45, 7) is 5.93. The Labute approximate surface area is 216 Å². The Morgan fingerprint density at radius 1 is 0.865 bits per heavy atom. The average Bonchev–Trinajstić information content (AvgIpc) is 3.53. The summed E-state index contributed by atoms with van der Waals surface area (Å²) in [5.41, 5.74) is 7.51. The number of imidazole rings is 1. The molecule has 0 radical (unpaired) electrons. The molecule has 1 aliphatic heterocycles. The van der Waals surface area contributed by atoms with Gasteiger partial charge in [0.1, 0.15) is 11.3 Å². The zero-order valence-corrected chi connectivity index (χ0v) is 21.0. The highest BCUT2D eigenvalue weighted by atomic mass is 16.2. The maximum absolute atomic E-state index is 12.7. The minimum Gasteiger partial charge on any atom is -0.368 e. The van der Waals surface area contributed by atoms with Crippen LogP contribution in [0.4, 0.5) is 5.69 Å². The van der Waals surface area contributed by atoms with Gasteiger partial charge in [0, 0.05) is 37.4 Å². The lowest BCUT2D eigenvalue weighted by molar-refractivity contribution is -0.130. The fourth-order valence-electron chi connectivity index (χ4n) is 4.89. The van der Waals surface area contributed by atoms with Gasteiger partial charge in [0.05, 0.1) is 19.2 Å². The maximum Gasteiger partial charge on any atom is 0.227 e. The van der Waals surface area contributed by atoms with Crippen LogP contribution < -0.4 is 4.90 Å². The molecule has 7 heteroatoms. The average molecular weight is 491 g/mol. The predicted octanol–water partition coefficient (Wildman–Crippen LogP) is 4.67. The molecule has 2 aromatic heterocycles. The van der Waals surface area contributed by atoms with Crippen LogP contribution in [0.25, 0.3) is 22.6 Å². The number of rotatable bonds is 6. The van der Waals surface area contributed by atoms with Gasteiger partial charge >= 0.3 is 0 Å². The highest BCUT2D eigenvalue weighted by Crippen LogP contribution is 2.25. The molecule has 7 nitrogen and oxygen atoms in total. The van der Waals surface area contributed by atoms with Crippen molar-refractivity contribution in [3.8, 4) is 11.4 Å². The number of hydrogen-bond acceptors (Lipinski definition) is 4. The zero-order chi connectivity index (χ0) is 25.2. The summed E-state index contributed by atoms with van der Waals surface area (Å²) in [5, 5.41) is 4.51. The molecule has 0 saturated carbocycles. The second-order valence-electron chi connectivity index (χ2n) is 9.69. The molecule has 0 atom stereocenters. The number of hydrogen-bond donors (Lipinski definition) is 1. The van der Waals surface area contributed by atoms with E-state index in [4.69, 9.17) is 4.98 Å². The Bertz CT molecular complexity index is 1490. The molecule has 0 spiro atoms. The van der Waals surface area contributed by atoms with E-state index >= 15 is 0 Å². The number of aromatic amines is 1. The van der Waals surface area contributed by atoms with Gasteiger partial charge in [-0.1, -0.05) is 60.2 Å². The normalized spacial score (nSPS) is 13.9. The fourth-order valence-corrected chi connectivity index (χ4v) is 4.89. The Morgan fingerprint density at radius 3 is 2.32 bits per heavy atom. The highest BCUT2D eigenvalue weighted by Gasteiger charge is 2.21. The van der Waals surface area contributed by atoms with Crippen molar-refractivity contribution in [3.05, 3.63) is 102 Å². The van der Waals surface area contributed by atoms with Crippen molar-refractivity contribution in [2.45, 2.75) is 19.9 Å². The highest BCUT2D eigenvalue weighted by molar-refractivity contribution is 5.79. The van der Waals surface area contributed by atoms with E-state index in [1.165, 1.54) is 16.8 Å². The monoisotopic (exact) mass is 490 g/mol. The zero-order valence-electron chi connectivity index (χ0n) is 21.0. The van der Waals surface area contributed by atoms with Crippen molar-refractivity contribution in [1.82, 2.24) is 24.6 Å². The predicted molar refractivity (Wildman–Crippen MR) is 147 cm³/mol. The van der Waals surface area contributed by atoms with Crippen LogP contribution in [0.5, 0.6) is 0 Å². The van der Waals surface area contributed by atoms with E-state index in [0.29, 0.717) is 13.0 Å². The van der Waals surface area contributed by atoms with Crippen molar-refractivity contribution in [3.63, 3.8) is 0 Å². The maximum atomic E-state index is 12.7. The van der Waals surface area contributed by atoms with E-state index in [1.54, 1.807) is 0 Å². The molecule has 1 amide bonds. The number of aryl methyl sites for hydroxylation is 1. The number of aromatic nitrogens is 4. The standard InChI is InChI=1S/C30H30N6O/c1-22-7-9-24(10-8-22)21-36-30-27(20-31-36)32-29(33-30)25-11-13-26(14-12-25)34-15-17-35(18-16-34)28(37)19-23-5-3-2-4-6-23/h2-14,20H,15-19,21H2,1H3,(H,32,33). The summed E-state index contributed by atoms with van der Waals surface area (Å²) >= 11 is 0. The van der Waals surface area contributed by atoms with E-state index < -0.39 is 0 Å². The number of amides is 1. The smallest absolute Gasteiger partial charge is 0.227 e. The van der Waals surface area contributed by atoms with E-state index in [-0.39, 0.29) is 5.91 Å². The molecule has 3 heterocycles. The first kappa shape index (κ1) is 23.0. The number of carbonyl (C=O) groups excluding carboxylic acids is 1. The summed E-state index contributed by atoms with van der Waals surface area (Å²) < 4.78 is 1.94. The number of carbonyl (C=O) groups is 1. The lowest BCUT2D eigenvalue weighted by Gasteiger charge is -2.36. The molecule has 0 unspecified atom stereocenters. The Kier molecular flexibility index (Phi) is 6.18. The number of fused-ring (bicyclic) bond motifs is 1. The molecule has 1 saturated heterocycles. The lowest BCUT2D eigenvalue weighted by atomic mass is 10.1. The van der Waals surface area contributed by atoms with Crippen LogP contribution in [0.2, 0.25) is 0 Å². The molecule has 1 fully saturated rings. The molecule has 6 rings (SSSR count). The van der Waals surface area contributed by atoms with Crippen molar-refractivity contribution in [2.75, 3.05) is 31.1 Å². The number of piperazine rings is 1. The molecule has 3 aromatic carbocycles. The van der Waals surface area contributed by atoms with Gasteiger partial charge in [0.15, 0.2) is 5.65 Å². The Morgan fingerprint density at radius 2 is 1.59 bits per heavy atom. The largest absolute Gasteiger partial charge is 0.368 e. The minimum atomic E-state index is 0.201. The van der Waals surface area contributed by atoms with Gasteiger partial charge in [-0.05, 0) is 42.3 Å². The van der Waals surface area contributed by atoms with Gasteiger partial charge in [-0.2, -0.15) is 5.10 Å². The lowest BCUT2D eigenvalue weighted by Crippen LogP contribution is -2.49. The molecule has 186 valence electrons. The van der Waals surface area contributed by atoms with Crippen LogP contribution in [-0.2, 0) is 17.8 Å². The first-order valence-corrected chi connectivity index (χ1v) is 12.8. The van der Waals surface area contributed by atoms with Gasteiger partial charge in [0.25, 0.3) is 0 Å². The summed E-state index contributed by atoms with van der Waals surface area (Å²) in [6.07, 6.45) is 2.31. The van der Waals surface area contributed by atoms with Crippen molar-refractivity contribution in [2.24, 2.45) is 0 Å². The third-order valence-electron chi connectivity index (χ3n) is 7.07. The number of H-pyrrole nitrogens is 1. The molecule has 1 aliphatic rings. The molecule has 0 bridgehead atoms. The first-order valence-electron chi connectivity index (χ1n) is 12.8. The third kappa shape index (κ3) is 4.98. The van der Waals surface area contributed by atoms with Gasteiger partial charge in [0.2, 0.25) is 5.91 Å². The minimum absolute atomic E-state index is 0.201. The molecular weight excluding hydrogens is 460 g/mol. The van der Waals surface area contributed by atoms with Crippen LogP contribution >= 0.6 is 0 Å². The number of benzene rings is 3. The van der Waals surface area contributed by atoms with Crippen LogP contribution in [0.3, 0.4) is 0 Å². The van der Waals surface area contributed by atoms with E-state index in [1.807, 2.05) is 46.1 Å². The summed E-state index contributed by atoms with van der Waals surface area (Å²) in [6, 6.07) is 27.0. The van der Waals surface area contributed by atoms with Crippen molar-refractivity contribution < 1.29 is 4.79 Å². The van der Waals surface area contributed by atoms with Crippen molar-refractivity contribution in [1.29, 1.82) is 0 Å². The van der Waals surface area contributed by atoms with E-state index in [2.05, 4.69) is 70.4 Å². The van der Waals surface area contributed by atoms with E-state index in [9.17, 15) is 4.79 Å². The second-order valence-corrected chi connectivity index (χ2v) is 9.69. The fraction of sp³-hybridized carbons (Fsp3) is 0.233. The summed E-state index contributed by atoms with van der Waals surface area (Å²) in [7, 11) is 0. The van der Waals surface area contributed by atoms with Crippen LogP contribution in [-0.4, -0.2) is 56.7 Å². The molecule has 1 N–H and O–H groups in total. The SMILES string of the molecule is Cc1ccc(Cn2ncc3[nH]c(-c4ccc(N5CCN(C(=O)Cc6ccccc6)CC5)cc4)nc32)cc1. The molecule has 0 aliphatic carbocycles. The number of anilines is 1. The van der Waals surface area contributed by atoms with Gasteiger partial charge in [-0.3, -0.25) is 4.79 Å². The topological polar surface area (TPSA) is 70.1 Å². The molecule has 37 heavy (non-hydrogen) atoms. The van der Waals surface area contributed by atoms with E-state index in [0.717, 1.165) is 54.3 Å². The Hall–Kier alpha value is -4.39. The Balaban J connectivity index is 1.09. The second kappa shape index (κ2) is 9.93. The van der Waals surface area contributed by atoms with Crippen LogP contribution in [0.15, 0.2) is 85.1 Å². The quantitative estimate of drug-likeness (QED) is 0.375. The number of nitrogens with zero attached hydrogens (tertiary/aromatic N) is 5. The van der Waals surface area contributed by atoms with Gasteiger partial charge in [-0.15, -0.1) is 0 Å². The summed E-state index contributed by atoms with van der Waals surface area (Å²) in [4.78, 5) is 25.3.